The molecule has 0 bridgehead atoms. The van der Waals surface area contributed by atoms with Gasteiger partial charge in [-0.15, -0.1) is 0 Å². The molecule has 4 nitrogen and oxygen atoms in total. The summed E-state index contributed by atoms with van der Waals surface area (Å²) in [6, 6.07) is 3.46. The number of hydrogen-bond acceptors (Lipinski definition) is 4. The third-order valence-corrected chi connectivity index (χ3v) is 5.12. The maximum Gasteiger partial charge on any atom is 0.243 e. The van der Waals surface area contributed by atoms with Crippen molar-refractivity contribution in [2.75, 3.05) is 26.5 Å². The highest BCUT2D eigenvalue weighted by atomic mass is 32.2. The Labute approximate surface area is 114 Å². The minimum atomic E-state index is -3.46. The highest BCUT2D eigenvalue weighted by molar-refractivity contribution is 7.89. The minimum absolute atomic E-state index is 0.354. The van der Waals surface area contributed by atoms with Crippen molar-refractivity contribution in [2.24, 2.45) is 0 Å². The zero-order chi connectivity index (χ0) is 13.9. The molecule has 1 aromatic carbocycles. The molecule has 0 aliphatic carbocycles. The van der Waals surface area contributed by atoms with Crippen LogP contribution in [0.4, 0.5) is 0 Å². The van der Waals surface area contributed by atoms with Gasteiger partial charge in [0.1, 0.15) is 5.75 Å². The van der Waals surface area contributed by atoms with E-state index in [1.807, 2.05) is 0 Å². The van der Waals surface area contributed by atoms with E-state index in [1.54, 1.807) is 40.1 Å². The van der Waals surface area contributed by atoms with E-state index < -0.39 is 10.0 Å². The predicted molar refractivity (Wildman–Crippen MR) is 76.1 cm³/mol. The number of ether oxygens (including phenoxy) is 1. The van der Waals surface area contributed by atoms with Crippen molar-refractivity contribution in [3.63, 3.8) is 0 Å². The van der Waals surface area contributed by atoms with Gasteiger partial charge in [-0.2, -0.15) is 12.6 Å². The molecule has 1 aromatic rings. The van der Waals surface area contributed by atoms with Crippen LogP contribution in [0.2, 0.25) is 0 Å². The van der Waals surface area contributed by atoms with Crippen molar-refractivity contribution in [1.29, 1.82) is 0 Å². The maximum atomic E-state index is 12.4. The first-order valence-corrected chi connectivity index (χ1v) is 7.64. The van der Waals surface area contributed by atoms with Gasteiger partial charge in [0.2, 0.25) is 10.0 Å². The highest BCUT2D eigenvalue weighted by Gasteiger charge is 2.24. The van der Waals surface area contributed by atoms with E-state index in [0.29, 0.717) is 34.1 Å². The second-order valence-corrected chi connectivity index (χ2v) is 6.57. The molecule has 0 spiro atoms. The van der Waals surface area contributed by atoms with E-state index in [9.17, 15) is 8.42 Å². The molecule has 0 fully saturated rings. The number of hydrogen-bond donors (Lipinski definition) is 1. The van der Waals surface area contributed by atoms with Gasteiger partial charge in [-0.25, -0.2) is 12.7 Å². The Morgan fingerprint density at radius 3 is 2.17 bits per heavy atom. The fraction of sp³-hybridized carbons (Fsp3) is 0.500. The first kappa shape index (κ1) is 15.3. The molecule has 6 heteroatoms. The van der Waals surface area contributed by atoms with Gasteiger partial charge < -0.3 is 4.74 Å². The van der Waals surface area contributed by atoms with E-state index in [0.717, 1.165) is 0 Å². The zero-order valence-corrected chi connectivity index (χ0v) is 12.8. The molecule has 0 amide bonds. The molecule has 0 aliphatic rings. The fourth-order valence-electron chi connectivity index (χ4n) is 1.85. The lowest BCUT2D eigenvalue weighted by molar-refractivity contribution is 0.413. The molecule has 1 rings (SSSR count). The van der Waals surface area contributed by atoms with Gasteiger partial charge in [0.15, 0.2) is 0 Å². The Morgan fingerprint density at radius 2 is 1.78 bits per heavy atom. The Morgan fingerprint density at radius 1 is 1.28 bits per heavy atom. The number of thiol groups is 1. The van der Waals surface area contributed by atoms with Gasteiger partial charge in [-0.3, -0.25) is 0 Å². The second kappa shape index (κ2) is 5.95. The molecule has 0 aliphatic heterocycles. The van der Waals surface area contributed by atoms with Gasteiger partial charge in [0, 0.05) is 19.3 Å². The van der Waals surface area contributed by atoms with Crippen molar-refractivity contribution in [2.45, 2.75) is 18.7 Å². The van der Waals surface area contributed by atoms with Gasteiger partial charge in [-0.05, 0) is 37.1 Å². The molecule has 0 radical (unpaired) electrons. The number of benzene rings is 1. The monoisotopic (exact) mass is 289 g/mol. The number of methoxy groups -OCH3 is 1. The average molecular weight is 289 g/mol. The summed E-state index contributed by atoms with van der Waals surface area (Å²) in [5, 5.41) is 0. The topological polar surface area (TPSA) is 46.6 Å². The van der Waals surface area contributed by atoms with E-state index in [2.05, 4.69) is 12.6 Å². The Bertz CT molecular complexity index is 503. The number of aryl methyl sites for hydroxylation is 2. The van der Waals surface area contributed by atoms with Crippen LogP contribution in [0, 0.1) is 13.8 Å². The van der Waals surface area contributed by atoms with Crippen LogP contribution in [0.25, 0.3) is 0 Å². The Balaban J connectivity index is 3.33. The van der Waals surface area contributed by atoms with Gasteiger partial charge in [0.25, 0.3) is 0 Å². The molecular weight excluding hydrogens is 270 g/mol. The van der Waals surface area contributed by atoms with Crippen molar-refractivity contribution in [3.8, 4) is 5.75 Å². The molecule has 0 saturated carbocycles. The highest BCUT2D eigenvalue weighted by Crippen LogP contribution is 2.27. The maximum absolute atomic E-state index is 12.4. The SMILES string of the molecule is COc1cc(C)c(S(=O)(=O)N(C)CCS)c(C)c1. The Kier molecular flexibility index (Phi) is 5.07. The van der Waals surface area contributed by atoms with E-state index >= 15 is 0 Å². The smallest absolute Gasteiger partial charge is 0.243 e. The molecule has 18 heavy (non-hydrogen) atoms. The lowest BCUT2D eigenvalue weighted by Crippen LogP contribution is -2.29. The summed E-state index contributed by atoms with van der Waals surface area (Å²) in [7, 11) is -0.330. The predicted octanol–water partition coefficient (Wildman–Crippen LogP) is 1.86. The number of nitrogens with zero attached hydrogens (tertiary/aromatic N) is 1. The lowest BCUT2D eigenvalue weighted by Gasteiger charge is -2.19. The molecule has 0 N–H and O–H groups in total. The van der Waals surface area contributed by atoms with Crippen LogP contribution in [0.1, 0.15) is 11.1 Å². The zero-order valence-electron chi connectivity index (χ0n) is 11.1. The first-order chi connectivity index (χ1) is 8.34. The molecule has 0 heterocycles. The molecule has 102 valence electrons. The van der Waals surface area contributed by atoms with Crippen LogP contribution < -0.4 is 4.74 Å². The summed E-state index contributed by atoms with van der Waals surface area (Å²) in [6.07, 6.45) is 0. The van der Waals surface area contributed by atoms with Crippen molar-refractivity contribution < 1.29 is 13.2 Å². The molecule has 0 atom stereocenters. The fourth-order valence-corrected chi connectivity index (χ4v) is 3.86. The summed E-state index contributed by atoms with van der Waals surface area (Å²) in [5.74, 6) is 1.16. The molecule has 0 saturated heterocycles. The van der Waals surface area contributed by atoms with Gasteiger partial charge in [0.05, 0.1) is 12.0 Å². The van der Waals surface area contributed by atoms with Crippen LogP contribution in [-0.4, -0.2) is 39.2 Å². The summed E-state index contributed by atoms with van der Waals surface area (Å²) in [5.41, 5.74) is 1.38. The quantitative estimate of drug-likeness (QED) is 0.842. The molecule has 0 unspecified atom stereocenters. The van der Waals surface area contributed by atoms with Gasteiger partial charge in [-0.1, -0.05) is 0 Å². The van der Waals surface area contributed by atoms with Crippen LogP contribution in [0.5, 0.6) is 5.75 Å². The van der Waals surface area contributed by atoms with Crippen LogP contribution in [0.15, 0.2) is 17.0 Å². The Hall–Kier alpha value is -0.720. The van der Waals surface area contributed by atoms with Gasteiger partial charge >= 0.3 is 0 Å². The molecule has 0 aromatic heterocycles. The van der Waals surface area contributed by atoms with Crippen molar-refractivity contribution in [1.82, 2.24) is 4.31 Å². The summed E-state index contributed by atoms with van der Waals surface area (Å²) < 4.78 is 31.3. The average Bonchev–Trinajstić information content (AvgIpc) is 2.27. The van der Waals surface area contributed by atoms with Crippen molar-refractivity contribution >= 4 is 22.7 Å². The van der Waals surface area contributed by atoms with Crippen LogP contribution in [-0.2, 0) is 10.0 Å². The van der Waals surface area contributed by atoms with Crippen molar-refractivity contribution in [3.05, 3.63) is 23.3 Å². The number of rotatable bonds is 5. The standard InChI is InChI=1S/C12H19NO3S2/c1-9-7-11(16-4)8-10(2)12(9)18(14,15)13(3)5-6-17/h7-8,17H,5-6H2,1-4H3. The van der Waals surface area contributed by atoms with Crippen LogP contribution >= 0.6 is 12.6 Å². The largest absolute Gasteiger partial charge is 0.497 e. The number of sulfonamides is 1. The third kappa shape index (κ3) is 2.99. The van der Waals surface area contributed by atoms with E-state index in [1.165, 1.54) is 4.31 Å². The normalized spacial score (nSPS) is 11.9. The molecular formula is C12H19NO3S2. The van der Waals surface area contributed by atoms with E-state index in [-0.39, 0.29) is 0 Å². The third-order valence-electron chi connectivity index (χ3n) is 2.75. The summed E-state index contributed by atoms with van der Waals surface area (Å²) >= 11 is 4.06. The second-order valence-electron chi connectivity index (χ2n) is 4.14. The van der Waals surface area contributed by atoms with E-state index in [4.69, 9.17) is 4.74 Å². The minimum Gasteiger partial charge on any atom is -0.497 e. The summed E-state index contributed by atoms with van der Waals surface area (Å²) in [4.78, 5) is 0.354. The lowest BCUT2D eigenvalue weighted by atomic mass is 10.1. The van der Waals surface area contributed by atoms with Crippen LogP contribution in [0.3, 0.4) is 0 Å². The summed E-state index contributed by atoms with van der Waals surface area (Å²) in [6.45, 7) is 3.93. The first-order valence-electron chi connectivity index (χ1n) is 5.57.